The van der Waals surface area contributed by atoms with E-state index in [1.165, 1.54) is 0 Å². The quantitative estimate of drug-likeness (QED) is 0.838. The molecule has 1 aromatic rings. The molecule has 1 aliphatic heterocycles. The Morgan fingerprint density at radius 2 is 1.85 bits per heavy atom. The lowest BCUT2D eigenvalue weighted by molar-refractivity contribution is 0.0903. The van der Waals surface area contributed by atoms with Crippen molar-refractivity contribution < 1.29 is 4.74 Å². The lowest BCUT2D eigenvalue weighted by Crippen LogP contribution is -2.29. The first-order chi connectivity index (χ1) is 9.74. The van der Waals surface area contributed by atoms with Gasteiger partial charge in [-0.05, 0) is 26.2 Å². The van der Waals surface area contributed by atoms with Crippen LogP contribution in [0.3, 0.4) is 0 Å². The molecule has 5 nitrogen and oxygen atoms in total. The maximum atomic E-state index is 5.40. The van der Waals surface area contributed by atoms with Crippen molar-refractivity contribution in [3.8, 4) is 0 Å². The number of rotatable bonds is 6. The Balaban J connectivity index is 2.16. The third-order valence-electron chi connectivity index (χ3n) is 3.61. The Bertz CT molecular complexity index is 430. The Labute approximate surface area is 121 Å². The predicted octanol–water partition coefficient (Wildman–Crippen LogP) is 2.76. The van der Waals surface area contributed by atoms with E-state index in [9.17, 15) is 0 Å². The first-order valence-electron chi connectivity index (χ1n) is 7.70. The Morgan fingerprint density at radius 3 is 2.50 bits per heavy atom. The topological polar surface area (TPSA) is 59.1 Å². The summed E-state index contributed by atoms with van der Waals surface area (Å²) >= 11 is 0. The second-order valence-corrected chi connectivity index (χ2v) is 5.27. The molecule has 112 valence electrons. The van der Waals surface area contributed by atoms with Crippen molar-refractivity contribution in [1.29, 1.82) is 0 Å². The van der Waals surface area contributed by atoms with Gasteiger partial charge in [-0.15, -0.1) is 0 Å². The molecule has 0 amide bonds. The molecule has 1 saturated heterocycles. The summed E-state index contributed by atoms with van der Waals surface area (Å²) in [5, 5.41) is 6.97. The Morgan fingerprint density at radius 1 is 1.15 bits per heavy atom. The lowest BCUT2D eigenvalue weighted by atomic mass is 10.1. The van der Waals surface area contributed by atoms with Crippen molar-refractivity contribution >= 4 is 11.6 Å². The number of ether oxygens (including phenoxy) is 1. The van der Waals surface area contributed by atoms with Gasteiger partial charge in [-0.25, -0.2) is 9.97 Å². The monoisotopic (exact) mass is 278 g/mol. The van der Waals surface area contributed by atoms with Crippen LogP contribution in [0.15, 0.2) is 0 Å². The summed E-state index contributed by atoms with van der Waals surface area (Å²) in [6, 6.07) is 0.459. The van der Waals surface area contributed by atoms with Crippen LogP contribution in [0, 0.1) is 6.92 Å². The first kappa shape index (κ1) is 15.0. The van der Waals surface area contributed by atoms with Gasteiger partial charge in [-0.3, -0.25) is 0 Å². The van der Waals surface area contributed by atoms with Crippen molar-refractivity contribution in [3.05, 3.63) is 11.4 Å². The molecule has 0 unspecified atom stereocenters. The van der Waals surface area contributed by atoms with Crippen molar-refractivity contribution in [2.24, 2.45) is 0 Å². The zero-order valence-corrected chi connectivity index (χ0v) is 12.8. The average molecular weight is 278 g/mol. The van der Waals surface area contributed by atoms with E-state index in [-0.39, 0.29) is 0 Å². The van der Waals surface area contributed by atoms with Gasteiger partial charge >= 0.3 is 0 Å². The van der Waals surface area contributed by atoms with Crippen LogP contribution in [0.5, 0.6) is 0 Å². The van der Waals surface area contributed by atoms with Gasteiger partial charge in [-0.1, -0.05) is 13.8 Å². The minimum Gasteiger partial charge on any atom is -0.381 e. The lowest BCUT2D eigenvalue weighted by Gasteiger charge is -2.25. The molecule has 20 heavy (non-hydrogen) atoms. The molecule has 2 heterocycles. The summed E-state index contributed by atoms with van der Waals surface area (Å²) in [5.41, 5.74) is 1.11. The van der Waals surface area contributed by atoms with Gasteiger partial charge in [0.2, 0.25) is 0 Å². The third-order valence-corrected chi connectivity index (χ3v) is 3.61. The number of aryl methyl sites for hydroxylation is 1. The number of hydrogen-bond acceptors (Lipinski definition) is 5. The van der Waals surface area contributed by atoms with Crippen LogP contribution in [-0.2, 0) is 11.2 Å². The second-order valence-electron chi connectivity index (χ2n) is 5.27. The molecule has 0 saturated carbocycles. The van der Waals surface area contributed by atoms with Crippen LogP contribution in [0.25, 0.3) is 0 Å². The van der Waals surface area contributed by atoms with E-state index in [1.54, 1.807) is 0 Å². The molecular formula is C15H26N4O. The Kier molecular flexibility index (Phi) is 5.59. The molecule has 1 fully saturated rings. The van der Waals surface area contributed by atoms with Gasteiger partial charge in [0.25, 0.3) is 0 Å². The zero-order valence-electron chi connectivity index (χ0n) is 12.8. The molecule has 5 heteroatoms. The normalized spacial score (nSPS) is 16.1. The fraction of sp³-hybridized carbons (Fsp3) is 0.733. The zero-order chi connectivity index (χ0) is 14.4. The molecule has 0 bridgehead atoms. The van der Waals surface area contributed by atoms with Crippen LogP contribution in [0.1, 0.15) is 44.5 Å². The molecule has 0 atom stereocenters. The molecule has 2 rings (SSSR count). The highest BCUT2D eigenvalue weighted by atomic mass is 16.5. The predicted molar refractivity (Wildman–Crippen MR) is 82.4 cm³/mol. The van der Waals surface area contributed by atoms with Crippen molar-refractivity contribution in [3.63, 3.8) is 0 Å². The minimum atomic E-state index is 0.459. The summed E-state index contributed by atoms with van der Waals surface area (Å²) in [6.07, 6.45) is 4.03. The van der Waals surface area contributed by atoms with Crippen LogP contribution in [-0.4, -0.2) is 35.8 Å². The molecule has 2 N–H and O–H groups in total. The molecule has 0 spiro atoms. The molecule has 1 aliphatic rings. The minimum absolute atomic E-state index is 0.459. The number of nitrogens with one attached hydrogen (secondary N) is 2. The van der Waals surface area contributed by atoms with Crippen molar-refractivity contribution in [2.45, 2.75) is 52.5 Å². The Hall–Kier alpha value is -1.36. The highest BCUT2D eigenvalue weighted by Gasteiger charge is 2.17. The summed E-state index contributed by atoms with van der Waals surface area (Å²) in [5.74, 6) is 2.83. The molecule has 1 aromatic heterocycles. The summed E-state index contributed by atoms with van der Waals surface area (Å²) in [4.78, 5) is 9.25. The standard InChI is InChI=1S/C15H26N4O/c1-4-8-16-14-11(3)15(19-13(5-2)18-14)17-12-6-9-20-10-7-12/h12H,4-10H2,1-3H3,(H2,16,17,18,19). The summed E-state index contributed by atoms with van der Waals surface area (Å²) in [6.45, 7) is 8.95. The average Bonchev–Trinajstić information content (AvgIpc) is 2.49. The van der Waals surface area contributed by atoms with Crippen molar-refractivity contribution in [1.82, 2.24) is 9.97 Å². The molecule has 0 aromatic carbocycles. The van der Waals surface area contributed by atoms with Gasteiger partial charge in [-0.2, -0.15) is 0 Å². The van der Waals surface area contributed by atoms with Crippen LogP contribution >= 0.6 is 0 Å². The number of nitrogens with zero attached hydrogens (tertiary/aromatic N) is 2. The highest BCUT2D eigenvalue weighted by Crippen LogP contribution is 2.23. The van der Waals surface area contributed by atoms with Gasteiger partial charge in [0, 0.05) is 37.8 Å². The van der Waals surface area contributed by atoms with Gasteiger partial charge in [0.15, 0.2) is 0 Å². The maximum Gasteiger partial charge on any atom is 0.134 e. The van der Waals surface area contributed by atoms with Crippen LogP contribution in [0.2, 0.25) is 0 Å². The van der Waals surface area contributed by atoms with E-state index in [2.05, 4.69) is 41.4 Å². The van der Waals surface area contributed by atoms with Crippen molar-refractivity contribution in [2.75, 3.05) is 30.4 Å². The number of anilines is 2. The van der Waals surface area contributed by atoms with E-state index < -0.39 is 0 Å². The van der Waals surface area contributed by atoms with E-state index in [0.29, 0.717) is 6.04 Å². The van der Waals surface area contributed by atoms with Crippen LogP contribution in [0.4, 0.5) is 11.6 Å². The third kappa shape index (κ3) is 3.82. The van der Waals surface area contributed by atoms with Gasteiger partial charge in [0.1, 0.15) is 17.5 Å². The fourth-order valence-electron chi connectivity index (χ4n) is 2.31. The van der Waals surface area contributed by atoms with E-state index in [4.69, 9.17) is 4.74 Å². The smallest absolute Gasteiger partial charge is 0.134 e. The van der Waals surface area contributed by atoms with Gasteiger partial charge in [0.05, 0.1) is 0 Å². The number of hydrogen-bond donors (Lipinski definition) is 2. The van der Waals surface area contributed by atoms with E-state index >= 15 is 0 Å². The largest absolute Gasteiger partial charge is 0.381 e. The first-order valence-corrected chi connectivity index (χ1v) is 7.70. The summed E-state index contributed by atoms with van der Waals surface area (Å²) in [7, 11) is 0. The van der Waals surface area contributed by atoms with Crippen LogP contribution < -0.4 is 10.6 Å². The second kappa shape index (κ2) is 7.43. The molecule has 0 radical (unpaired) electrons. The fourth-order valence-corrected chi connectivity index (χ4v) is 2.31. The molecule has 0 aliphatic carbocycles. The molecular weight excluding hydrogens is 252 g/mol. The SMILES string of the molecule is CCCNc1nc(CC)nc(NC2CCOCC2)c1C. The van der Waals surface area contributed by atoms with E-state index in [0.717, 1.165) is 68.5 Å². The highest BCUT2D eigenvalue weighted by molar-refractivity contribution is 5.57. The number of aromatic nitrogens is 2. The van der Waals surface area contributed by atoms with Gasteiger partial charge < -0.3 is 15.4 Å². The maximum absolute atomic E-state index is 5.40. The van der Waals surface area contributed by atoms with E-state index in [1.807, 2.05) is 0 Å². The summed E-state index contributed by atoms with van der Waals surface area (Å²) < 4.78 is 5.40.